The number of unbranched alkanes of at least 4 members (excludes halogenated alkanes) is 2. The van der Waals surface area contributed by atoms with Crippen molar-refractivity contribution in [3.05, 3.63) is 29.8 Å². The number of benzene rings is 1. The highest BCUT2D eigenvalue weighted by molar-refractivity contribution is 5.47. The highest BCUT2D eigenvalue weighted by Gasteiger charge is 2.03. The van der Waals surface area contributed by atoms with Crippen LogP contribution in [0.25, 0.3) is 0 Å². The van der Waals surface area contributed by atoms with Gasteiger partial charge in [-0.1, -0.05) is 31.9 Å². The highest BCUT2D eigenvalue weighted by atomic mass is 16.3. The predicted molar refractivity (Wildman–Crippen MR) is 69.9 cm³/mol. The summed E-state index contributed by atoms with van der Waals surface area (Å²) in [6.45, 7) is 5.11. The summed E-state index contributed by atoms with van der Waals surface area (Å²) in [6, 6.07) is 8.15. The van der Waals surface area contributed by atoms with Gasteiger partial charge in [0.15, 0.2) is 0 Å². The van der Waals surface area contributed by atoms with Gasteiger partial charge in [-0.25, -0.2) is 0 Å². The fraction of sp³-hybridized carbons (Fsp3) is 0.571. The van der Waals surface area contributed by atoms with Crippen LogP contribution in [0, 0.1) is 0 Å². The van der Waals surface area contributed by atoms with E-state index in [1.165, 1.54) is 24.9 Å². The molecule has 1 aromatic rings. The summed E-state index contributed by atoms with van der Waals surface area (Å²) in [5.41, 5.74) is 2.20. The predicted octanol–water partition coefficient (Wildman–Crippen LogP) is 3.37. The van der Waals surface area contributed by atoms with E-state index in [4.69, 9.17) is 0 Å². The van der Waals surface area contributed by atoms with Gasteiger partial charge in [-0.2, -0.15) is 0 Å². The van der Waals surface area contributed by atoms with Crippen LogP contribution in [0.1, 0.15) is 44.8 Å². The van der Waals surface area contributed by atoms with Gasteiger partial charge in [0.2, 0.25) is 0 Å². The number of rotatable bonds is 6. The van der Waals surface area contributed by atoms with E-state index in [9.17, 15) is 5.11 Å². The van der Waals surface area contributed by atoms with E-state index in [-0.39, 0.29) is 6.10 Å². The zero-order valence-corrected chi connectivity index (χ0v) is 10.6. The first-order valence-electron chi connectivity index (χ1n) is 6.14. The Kier molecular flexibility index (Phi) is 5.33. The van der Waals surface area contributed by atoms with E-state index in [0.717, 1.165) is 12.1 Å². The number of nitrogens with zero attached hydrogens (tertiary/aromatic N) is 1. The van der Waals surface area contributed by atoms with Crippen LogP contribution in [0.15, 0.2) is 24.3 Å². The van der Waals surface area contributed by atoms with Crippen molar-refractivity contribution in [3.63, 3.8) is 0 Å². The average molecular weight is 221 g/mol. The molecule has 90 valence electrons. The Labute approximate surface area is 98.9 Å². The fourth-order valence-corrected chi connectivity index (χ4v) is 1.74. The topological polar surface area (TPSA) is 23.5 Å². The third kappa shape index (κ3) is 3.86. The molecule has 0 heterocycles. The van der Waals surface area contributed by atoms with Crippen LogP contribution in [-0.2, 0) is 0 Å². The molecule has 0 aliphatic heterocycles. The van der Waals surface area contributed by atoms with Crippen molar-refractivity contribution in [2.24, 2.45) is 0 Å². The molecule has 0 aromatic heterocycles. The smallest absolute Gasteiger partial charge is 0.0761 e. The van der Waals surface area contributed by atoms with E-state index < -0.39 is 0 Å². The Balaban J connectivity index is 2.52. The maximum absolute atomic E-state index is 9.41. The van der Waals surface area contributed by atoms with Crippen molar-refractivity contribution in [2.75, 3.05) is 18.5 Å². The molecule has 0 bridgehead atoms. The SMILES string of the molecule is CCCCCN(C)c1ccc(C(C)O)cc1. The Morgan fingerprint density at radius 1 is 1.19 bits per heavy atom. The molecule has 2 heteroatoms. The van der Waals surface area contributed by atoms with Gasteiger partial charge in [-0.3, -0.25) is 0 Å². The maximum Gasteiger partial charge on any atom is 0.0761 e. The van der Waals surface area contributed by atoms with Crippen LogP contribution < -0.4 is 4.90 Å². The van der Waals surface area contributed by atoms with Gasteiger partial charge in [0.25, 0.3) is 0 Å². The fourth-order valence-electron chi connectivity index (χ4n) is 1.74. The van der Waals surface area contributed by atoms with Crippen LogP contribution >= 0.6 is 0 Å². The van der Waals surface area contributed by atoms with Crippen LogP contribution in [-0.4, -0.2) is 18.7 Å². The van der Waals surface area contributed by atoms with E-state index in [2.05, 4.69) is 31.0 Å². The van der Waals surface area contributed by atoms with Gasteiger partial charge in [-0.05, 0) is 31.0 Å². The van der Waals surface area contributed by atoms with Gasteiger partial charge in [0, 0.05) is 19.3 Å². The molecule has 0 saturated carbocycles. The molecule has 2 nitrogen and oxygen atoms in total. The minimum Gasteiger partial charge on any atom is -0.389 e. The first-order valence-corrected chi connectivity index (χ1v) is 6.14. The Bertz CT molecular complexity index is 292. The monoisotopic (exact) mass is 221 g/mol. The lowest BCUT2D eigenvalue weighted by Gasteiger charge is -2.19. The van der Waals surface area contributed by atoms with Crippen molar-refractivity contribution in [3.8, 4) is 0 Å². The number of aliphatic hydroxyl groups excluding tert-OH is 1. The molecular formula is C14H23NO. The van der Waals surface area contributed by atoms with Crippen molar-refractivity contribution >= 4 is 5.69 Å². The number of aliphatic hydroxyl groups is 1. The molecule has 0 amide bonds. The van der Waals surface area contributed by atoms with Crippen LogP contribution in [0.4, 0.5) is 5.69 Å². The maximum atomic E-state index is 9.41. The number of anilines is 1. The lowest BCUT2D eigenvalue weighted by molar-refractivity contribution is 0.199. The summed E-state index contributed by atoms with van der Waals surface area (Å²) in [5.74, 6) is 0. The molecule has 1 rings (SSSR count). The molecule has 0 saturated heterocycles. The summed E-state index contributed by atoms with van der Waals surface area (Å²) in [4.78, 5) is 2.27. The normalized spacial score (nSPS) is 12.5. The molecule has 1 unspecified atom stereocenters. The average Bonchev–Trinajstić information content (AvgIpc) is 2.29. The standard InChI is InChI=1S/C14H23NO/c1-4-5-6-11-15(3)14-9-7-13(8-10-14)12(2)16/h7-10,12,16H,4-6,11H2,1-3H3. The van der Waals surface area contributed by atoms with Crippen molar-refractivity contribution in [1.82, 2.24) is 0 Å². The Hall–Kier alpha value is -1.02. The molecule has 1 aromatic carbocycles. The van der Waals surface area contributed by atoms with Gasteiger partial charge in [0.1, 0.15) is 0 Å². The molecule has 0 spiro atoms. The summed E-state index contributed by atoms with van der Waals surface area (Å²) in [6.07, 6.45) is 3.41. The Morgan fingerprint density at radius 3 is 2.31 bits per heavy atom. The zero-order chi connectivity index (χ0) is 12.0. The highest BCUT2D eigenvalue weighted by Crippen LogP contribution is 2.18. The summed E-state index contributed by atoms with van der Waals surface area (Å²) in [7, 11) is 2.12. The Morgan fingerprint density at radius 2 is 1.81 bits per heavy atom. The van der Waals surface area contributed by atoms with E-state index in [1.54, 1.807) is 6.92 Å². The third-order valence-electron chi connectivity index (χ3n) is 2.91. The summed E-state index contributed by atoms with van der Waals surface area (Å²) in [5, 5.41) is 9.41. The zero-order valence-electron chi connectivity index (χ0n) is 10.6. The van der Waals surface area contributed by atoms with E-state index in [0.29, 0.717) is 0 Å². The lowest BCUT2D eigenvalue weighted by Crippen LogP contribution is -2.18. The van der Waals surface area contributed by atoms with Crippen LogP contribution in [0.3, 0.4) is 0 Å². The molecule has 1 atom stereocenters. The molecule has 1 N–H and O–H groups in total. The minimum atomic E-state index is -0.376. The second-order valence-corrected chi connectivity index (χ2v) is 4.40. The van der Waals surface area contributed by atoms with Gasteiger partial charge < -0.3 is 10.0 Å². The molecule has 0 radical (unpaired) electrons. The minimum absolute atomic E-state index is 0.376. The second kappa shape index (κ2) is 6.54. The molecular weight excluding hydrogens is 198 g/mol. The van der Waals surface area contributed by atoms with Crippen molar-refractivity contribution < 1.29 is 5.11 Å². The van der Waals surface area contributed by atoms with Gasteiger partial charge in [0.05, 0.1) is 6.10 Å². The van der Waals surface area contributed by atoms with E-state index >= 15 is 0 Å². The van der Waals surface area contributed by atoms with Crippen molar-refractivity contribution in [2.45, 2.75) is 39.2 Å². The summed E-state index contributed by atoms with van der Waals surface area (Å²) < 4.78 is 0. The number of hydrogen-bond donors (Lipinski definition) is 1. The van der Waals surface area contributed by atoms with Gasteiger partial charge in [-0.15, -0.1) is 0 Å². The third-order valence-corrected chi connectivity index (χ3v) is 2.91. The lowest BCUT2D eigenvalue weighted by atomic mass is 10.1. The van der Waals surface area contributed by atoms with Crippen LogP contribution in [0.2, 0.25) is 0 Å². The molecule has 0 aliphatic rings. The second-order valence-electron chi connectivity index (χ2n) is 4.40. The largest absolute Gasteiger partial charge is 0.389 e. The summed E-state index contributed by atoms with van der Waals surface area (Å²) >= 11 is 0. The first-order chi connectivity index (χ1) is 7.65. The quantitative estimate of drug-likeness (QED) is 0.744. The van der Waals surface area contributed by atoms with E-state index in [1.807, 2.05) is 12.1 Å². The van der Waals surface area contributed by atoms with Crippen molar-refractivity contribution in [1.29, 1.82) is 0 Å². The van der Waals surface area contributed by atoms with Gasteiger partial charge >= 0.3 is 0 Å². The van der Waals surface area contributed by atoms with Crippen LogP contribution in [0.5, 0.6) is 0 Å². The number of hydrogen-bond acceptors (Lipinski definition) is 2. The molecule has 0 aliphatic carbocycles. The molecule has 0 fully saturated rings. The first kappa shape index (κ1) is 13.0. The molecule has 16 heavy (non-hydrogen) atoms.